The molecule has 0 spiro atoms. The second-order valence-electron chi connectivity index (χ2n) is 7.41. The van der Waals surface area contributed by atoms with Gasteiger partial charge in [-0.25, -0.2) is 0 Å². The van der Waals surface area contributed by atoms with Crippen molar-refractivity contribution < 1.29 is 4.79 Å². The topological polar surface area (TPSA) is 63.1 Å². The van der Waals surface area contributed by atoms with Crippen LogP contribution in [-0.2, 0) is 11.3 Å². The van der Waals surface area contributed by atoms with E-state index in [1.54, 1.807) is 11.3 Å². The number of amides is 1. The van der Waals surface area contributed by atoms with Gasteiger partial charge in [0.05, 0.1) is 5.92 Å². The van der Waals surface area contributed by atoms with Gasteiger partial charge in [-0.15, -0.1) is 10.2 Å². The third-order valence-electron chi connectivity index (χ3n) is 5.34. The van der Waals surface area contributed by atoms with Crippen LogP contribution in [0.5, 0.6) is 0 Å². The van der Waals surface area contributed by atoms with E-state index < -0.39 is 0 Å². The summed E-state index contributed by atoms with van der Waals surface area (Å²) in [5, 5.41) is 14.2. The van der Waals surface area contributed by atoms with Crippen molar-refractivity contribution in [2.45, 2.75) is 33.2 Å². The minimum absolute atomic E-state index is 0.0614. The molecule has 0 aliphatic carbocycles. The molecular formula is C21H24ClN5OS. The maximum Gasteiger partial charge on any atom is 0.225 e. The van der Waals surface area contributed by atoms with Crippen LogP contribution < -0.4 is 10.2 Å². The Morgan fingerprint density at radius 3 is 2.66 bits per heavy atom. The smallest absolute Gasteiger partial charge is 0.225 e. The quantitative estimate of drug-likeness (QED) is 0.662. The Bertz CT molecular complexity index is 995. The van der Waals surface area contributed by atoms with Crippen molar-refractivity contribution in [2.24, 2.45) is 5.92 Å². The molecule has 1 fully saturated rings. The number of hydrogen-bond acceptors (Lipinski definition) is 5. The fourth-order valence-corrected chi connectivity index (χ4v) is 4.93. The Balaban J connectivity index is 1.41. The lowest BCUT2D eigenvalue weighted by Crippen LogP contribution is -2.43. The van der Waals surface area contributed by atoms with Crippen LogP contribution in [-0.4, -0.2) is 33.8 Å². The van der Waals surface area contributed by atoms with E-state index in [4.69, 9.17) is 11.6 Å². The summed E-state index contributed by atoms with van der Waals surface area (Å²) in [6.07, 6.45) is 1.84. The zero-order valence-corrected chi connectivity index (χ0v) is 18.1. The second kappa shape index (κ2) is 8.55. The van der Waals surface area contributed by atoms with Crippen LogP contribution in [0.25, 0.3) is 5.13 Å². The lowest BCUT2D eigenvalue weighted by Gasteiger charge is -2.31. The van der Waals surface area contributed by atoms with E-state index in [0.29, 0.717) is 18.1 Å². The number of piperidine rings is 1. The summed E-state index contributed by atoms with van der Waals surface area (Å²) >= 11 is 7.76. The van der Waals surface area contributed by atoms with E-state index >= 15 is 0 Å². The summed E-state index contributed by atoms with van der Waals surface area (Å²) < 4.78 is 2.11. The minimum Gasteiger partial charge on any atom is -0.352 e. The van der Waals surface area contributed by atoms with Gasteiger partial charge >= 0.3 is 0 Å². The first-order valence-electron chi connectivity index (χ1n) is 9.78. The number of benzene rings is 1. The number of carbonyl (C=O) groups excluding carboxylic acids is 1. The number of nitrogens with one attached hydrogen (secondary N) is 1. The fraction of sp³-hybridized carbons (Fsp3) is 0.381. The molecule has 2 aromatic heterocycles. The molecule has 3 aromatic rings. The van der Waals surface area contributed by atoms with Crippen molar-refractivity contribution in [1.82, 2.24) is 20.1 Å². The molecule has 1 atom stereocenters. The van der Waals surface area contributed by atoms with Crippen molar-refractivity contribution in [2.75, 3.05) is 18.0 Å². The molecule has 1 unspecified atom stereocenters. The first-order valence-corrected chi connectivity index (χ1v) is 11.0. The first-order chi connectivity index (χ1) is 14.0. The lowest BCUT2D eigenvalue weighted by molar-refractivity contribution is -0.125. The van der Waals surface area contributed by atoms with Gasteiger partial charge in [0.1, 0.15) is 0 Å². The molecule has 0 radical (unpaired) electrons. The van der Waals surface area contributed by atoms with Crippen LogP contribution in [0.4, 0.5) is 5.13 Å². The van der Waals surface area contributed by atoms with E-state index in [1.807, 2.05) is 24.3 Å². The number of aryl methyl sites for hydroxylation is 2. The summed E-state index contributed by atoms with van der Waals surface area (Å²) in [4.78, 5) is 14.9. The summed E-state index contributed by atoms with van der Waals surface area (Å²) in [6.45, 7) is 6.13. The van der Waals surface area contributed by atoms with Crippen LogP contribution >= 0.6 is 22.9 Å². The highest BCUT2D eigenvalue weighted by Crippen LogP contribution is 2.29. The minimum atomic E-state index is -0.0614. The highest BCUT2D eigenvalue weighted by atomic mass is 35.5. The Labute approximate surface area is 179 Å². The Kier molecular flexibility index (Phi) is 5.87. The SMILES string of the molecule is Cc1ccc(C)n1-c1nnc(N2CCCC(C(=O)NCc3ccccc3Cl)C2)s1. The average Bonchev–Trinajstić information content (AvgIpc) is 3.33. The van der Waals surface area contributed by atoms with Crippen molar-refractivity contribution >= 4 is 34.0 Å². The number of aromatic nitrogens is 3. The number of anilines is 1. The monoisotopic (exact) mass is 429 g/mol. The number of nitrogens with zero attached hydrogens (tertiary/aromatic N) is 4. The molecule has 3 heterocycles. The van der Waals surface area contributed by atoms with Gasteiger partial charge in [-0.1, -0.05) is 41.1 Å². The molecule has 1 aliphatic heterocycles. The maximum absolute atomic E-state index is 12.7. The highest BCUT2D eigenvalue weighted by Gasteiger charge is 2.28. The van der Waals surface area contributed by atoms with Gasteiger partial charge in [-0.3, -0.25) is 9.36 Å². The summed E-state index contributed by atoms with van der Waals surface area (Å²) in [7, 11) is 0. The zero-order chi connectivity index (χ0) is 20.4. The van der Waals surface area contributed by atoms with Crippen LogP contribution in [0.2, 0.25) is 5.02 Å². The molecule has 8 heteroatoms. The maximum atomic E-state index is 12.7. The molecule has 1 saturated heterocycles. The van der Waals surface area contributed by atoms with Gasteiger partial charge in [0.25, 0.3) is 0 Å². The number of rotatable bonds is 5. The molecule has 1 aliphatic rings. The predicted octanol–water partition coefficient (Wildman–Crippen LogP) is 4.13. The number of carbonyl (C=O) groups is 1. The molecule has 1 aromatic carbocycles. The van der Waals surface area contributed by atoms with Crippen LogP contribution in [0.1, 0.15) is 29.8 Å². The summed E-state index contributed by atoms with van der Waals surface area (Å²) in [5.74, 6) is 0.00472. The van der Waals surface area contributed by atoms with Gasteiger partial charge in [-0.2, -0.15) is 0 Å². The molecule has 6 nitrogen and oxygen atoms in total. The first kappa shape index (κ1) is 19.9. The highest BCUT2D eigenvalue weighted by molar-refractivity contribution is 7.17. The largest absolute Gasteiger partial charge is 0.352 e. The third-order valence-corrected chi connectivity index (χ3v) is 6.68. The fourth-order valence-electron chi connectivity index (χ4n) is 3.73. The molecule has 152 valence electrons. The summed E-state index contributed by atoms with van der Waals surface area (Å²) in [5.41, 5.74) is 3.21. The van der Waals surface area contributed by atoms with Crippen LogP contribution in [0, 0.1) is 19.8 Å². The predicted molar refractivity (Wildman–Crippen MR) is 117 cm³/mol. The van der Waals surface area contributed by atoms with Gasteiger partial charge in [0, 0.05) is 36.0 Å². The third kappa shape index (κ3) is 4.31. The molecule has 4 rings (SSSR count). The van der Waals surface area contributed by atoms with Gasteiger partial charge in [-0.05, 0) is 50.5 Å². The standard InChI is InChI=1S/C21H24ClN5OS/c1-14-9-10-15(2)27(14)21-25-24-20(29-21)26-11-5-7-17(13-26)19(28)23-12-16-6-3-4-8-18(16)22/h3-4,6,8-10,17H,5,7,11-13H2,1-2H3,(H,23,28). The van der Waals surface area contributed by atoms with Crippen LogP contribution in [0.3, 0.4) is 0 Å². The van der Waals surface area contributed by atoms with E-state index in [0.717, 1.165) is 46.6 Å². The molecular weight excluding hydrogens is 406 g/mol. The van der Waals surface area contributed by atoms with Crippen molar-refractivity contribution in [3.63, 3.8) is 0 Å². The van der Waals surface area contributed by atoms with Gasteiger partial charge < -0.3 is 10.2 Å². The van der Waals surface area contributed by atoms with E-state index in [2.05, 4.69) is 51.0 Å². The second-order valence-corrected chi connectivity index (χ2v) is 8.75. The normalized spacial score (nSPS) is 16.8. The van der Waals surface area contributed by atoms with E-state index in [1.165, 1.54) is 0 Å². The lowest BCUT2D eigenvalue weighted by atomic mass is 9.97. The van der Waals surface area contributed by atoms with Gasteiger partial charge in [0.2, 0.25) is 16.2 Å². The molecule has 0 bridgehead atoms. The van der Waals surface area contributed by atoms with E-state index in [-0.39, 0.29) is 11.8 Å². The molecule has 1 N–H and O–H groups in total. The van der Waals surface area contributed by atoms with Crippen molar-refractivity contribution in [3.8, 4) is 5.13 Å². The Morgan fingerprint density at radius 1 is 1.17 bits per heavy atom. The average molecular weight is 430 g/mol. The Hall–Kier alpha value is -2.38. The van der Waals surface area contributed by atoms with Crippen LogP contribution in [0.15, 0.2) is 36.4 Å². The Morgan fingerprint density at radius 2 is 1.90 bits per heavy atom. The number of halogens is 1. The van der Waals surface area contributed by atoms with Crippen molar-refractivity contribution in [3.05, 3.63) is 58.4 Å². The van der Waals surface area contributed by atoms with Gasteiger partial charge in [0.15, 0.2) is 0 Å². The summed E-state index contributed by atoms with van der Waals surface area (Å²) in [6, 6.07) is 11.8. The van der Waals surface area contributed by atoms with Crippen molar-refractivity contribution in [1.29, 1.82) is 0 Å². The molecule has 1 amide bonds. The molecule has 29 heavy (non-hydrogen) atoms. The van der Waals surface area contributed by atoms with E-state index in [9.17, 15) is 4.79 Å². The molecule has 0 saturated carbocycles. The zero-order valence-electron chi connectivity index (χ0n) is 16.6. The number of hydrogen-bond donors (Lipinski definition) is 1.